The van der Waals surface area contributed by atoms with Crippen molar-refractivity contribution in [3.8, 4) is 0 Å². The predicted octanol–water partition coefficient (Wildman–Crippen LogP) is 3.05. The van der Waals surface area contributed by atoms with Gasteiger partial charge in [0, 0.05) is 24.5 Å². The highest BCUT2D eigenvalue weighted by atomic mass is 35.5. The molecule has 8 heteroatoms. The second-order valence-corrected chi connectivity index (χ2v) is 4.97. The number of amides is 1. The molecule has 114 valence electrons. The van der Waals surface area contributed by atoms with E-state index in [2.05, 4.69) is 20.8 Å². The molecule has 0 bridgehead atoms. The molecular weight excluding hydrogens is 330 g/mol. The lowest BCUT2D eigenvalue weighted by Gasteiger charge is -2.08. The van der Waals surface area contributed by atoms with Crippen LogP contribution in [0.2, 0.25) is 10.0 Å². The minimum atomic E-state index is -0.467. The lowest BCUT2D eigenvalue weighted by Crippen LogP contribution is -2.37. The summed E-state index contributed by atoms with van der Waals surface area (Å²) >= 11 is 11.9. The average Bonchev–Trinajstić information content (AvgIpc) is 2.50. The monoisotopic (exact) mass is 340 g/mol. The van der Waals surface area contributed by atoms with Gasteiger partial charge in [0.15, 0.2) is 0 Å². The van der Waals surface area contributed by atoms with Gasteiger partial charge >= 0.3 is 0 Å². The van der Waals surface area contributed by atoms with Crippen molar-refractivity contribution in [1.29, 1.82) is 0 Å². The molecule has 0 saturated carbocycles. The molecule has 2 aromatic rings. The first-order valence-electron chi connectivity index (χ1n) is 6.16. The molecular formula is C14H11Cl2FN4O. The largest absolute Gasteiger partial charge is 0.286 e. The Hall–Kier alpha value is -2.02. The number of rotatable bonds is 5. The van der Waals surface area contributed by atoms with Crippen LogP contribution in [0, 0.1) is 5.82 Å². The van der Waals surface area contributed by atoms with Crippen LogP contribution in [0.15, 0.2) is 41.7 Å². The third kappa shape index (κ3) is 4.77. The molecule has 5 nitrogen and oxygen atoms in total. The fraction of sp³-hybridized carbons (Fsp3) is 0.0714. The van der Waals surface area contributed by atoms with E-state index in [4.69, 9.17) is 23.2 Å². The Balaban J connectivity index is 1.84. The SMILES string of the molecule is O=C(C=Nc1ccc(F)cc1)NNCc1c(Cl)cncc1Cl. The molecule has 0 aliphatic carbocycles. The highest BCUT2D eigenvalue weighted by Gasteiger charge is 2.06. The molecule has 1 aromatic heterocycles. The van der Waals surface area contributed by atoms with E-state index in [1.165, 1.54) is 36.7 Å². The number of hydrogen-bond acceptors (Lipinski definition) is 4. The fourth-order valence-corrected chi connectivity index (χ4v) is 2.02. The first-order chi connectivity index (χ1) is 10.6. The van der Waals surface area contributed by atoms with Crippen LogP contribution in [0.25, 0.3) is 0 Å². The van der Waals surface area contributed by atoms with E-state index >= 15 is 0 Å². The Bertz CT molecular complexity index is 671. The van der Waals surface area contributed by atoms with E-state index in [1.807, 2.05) is 0 Å². The molecule has 0 unspecified atom stereocenters. The van der Waals surface area contributed by atoms with Crippen molar-refractivity contribution in [2.75, 3.05) is 0 Å². The van der Waals surface area contributed by atoms with E-state index in [1.54, 1.807) is 0 Å². The Morgan fingerprint density at radius 2 is 1.86 bits per heavy atom. The summed E-state index contributed by atoms with van der Waals surface area (Å²) in [4.78, 5) is 19.3. The number of aliphatic imine (C=N–C) groups is 1. The summed E-state index contributed by atoms with van der Waals surface area (Å²) in [6.07, 6.45) is 4.00. The zero-order chi connectivity index (χ0) is 15.9. The van der Waals surface area contributed by atoms with Gasteiger partial charge < -0.3 is 0 Å². The number of nitrogens with zero attached hydrogens (tertiary/aromatic N) is 2. The molecule has 0 aliphatic rings. The number of aromatic nitrogens is 1. The Labute approximate surface area is 136 Å². The van der Waals surface area contributed by atoms with E-state index in [0.29, 0.717) is 21.3 Å². The minimum absolute atomic E-state index is 0.232. The summed E-state index contributed by atoms with van der Waals surface area (Å²) in [5.41, 5.74) is 6.19. The van der Waals surface area contributed by atoms with Crippen molar-refractivity contribution in [2.45, 2.75) is 6.54 Å². The summed E-state index contributed by atoms with van der Waals surface area (Å²) in [7, 11) is 0. The van der Waals surface area contributed by atoms with Crippen LogP contribution in [0.3, 0.4) is 0 Å². The Morgan fingerprint density at radius 1 is 1.23 bits per heavy atom. The van der Waals surface area contributed by atoms with Crippen LogP contribution >= 0.6 is 23.2 Å². The highest BCUT2D eigenvalue weighted by molar-refractivity contribution is 6.35. The summed E-state index contributed by atoms with van der Waals surface area (Å²) < 4.78 is 12.7. The Morgan fingerprint density at radius 3 is 2.50 bits per heavy atom. The molecule has 0 aliphatic heterocycles. The van der Waals surface area contributed by atoms with Crippen molar-refractivity contribution < 1.29 is 9.18 Å². The molecule has 0 fully saturated rings. The van der Waals surface area contributed by atoms with E-state index in [-0.39, 0.29) is 12.4 Å². The first kappa shape index (κ1) is 16.4. The molecule has 2 rings (SSSR count). The van der Waals surface area contributed by atoms with Crippen molar-refractivity contribution in [3.63, 3.8) is 0 Å². The third-order valence-electron chi connectivity index (χ3n) is 2.59. The molecule has 1 amide bonds. The number of nitrogens with one attached hydrogen (secondary N) is 2. The lowest BCUT2D eigenvalue weighted by atomic mass is 10.3. The van der Waals surface area contributed by atoms with Gasteiger partial charge in [-0.25, -0.2) is 9.82 Å². The Kier molecular flexibility index (Phi) is 5.83. The number of pyridine rings is 1. The topological polar surface area (TPSA) is 66.4 Å². The molecule has 2 N–H and O–H groups in total. The summed E-state index contributed by atoms with van der Waals surface area (Å²) in [5, 5.41) is 0.795. The second-order valence-electron chi connectivity index (χ2n) is 4.16. The van der Waals surface area contributed by atoms with Crippen molar-refractivity contribution in [3.05, 3.63) is 58.1 Å². The zero-order valence-corrected chi connectivity index (χ0v) is 12.7. The van der Waals surface area contributed by atoms with Crippen molar-refractivity contribution in [2.24, 2.45) is 4.99 Å². The summed E-state index contributed by atoms with van der Waals surface area (Å²) in [6.45, 7) is 0.232. The van der Waals surface area contributed by atoms with E-state index < -0.39 is 5.91 Å². The number of carbonyl (C=O) groups is 1. The van der Waals surface area contributed by atoms with Gasteiger partial charge in [0.25, 0.3) is 5.91 Å². The van der Waals surface area contributed by atoms with Crippen LogP contribution in [0.1, 0.15) is 5.56 Å². The average molecular weight is 341 g/mol. The maximum atomic E-state index is 12.7. The van der Waals surface area contributed by atoms with Gasteiger partial charge in [-0.1, -0.05) is 23.2 Å². The number of halogens is 3. The normalized spacial score (nSPS) is 10.9. The van der Waals surface area contributed by atoms with Gasteiger partial charge in [0.2, 0.25) is 0 Å². The smallest absolute Gasteiger partial charge is 0.276 e. The second kappa shape index (κ2) is 7.84. The molecule has 1 heterocycles. The third-order valence-corrected chi connectivity index (χ3v) is 3.24. The predicted molar refractivity (Wildman–Crippen MR) is 83.8 cm³/mol. The van der Waals surface area contributed by atoms with Gasteiger partial charge in [0.1, 0.15) is 5.82 Å². The van der Waals surface area contributed by atoms with E-state index in [9.17, 15) is 9.18 Å². The van der Waals surface area contributed by atoms with Gasteiger partial charge in [-0.05, 0) is 24.3 Å². The highest BCUT2D eigenvalue weighted by Crippen LogP contribution is 2.22. The zero-order valence-electron chi connectivity index (χ0n) is 11.2. The minimum Gasteiger partial charge on any atom is -0.286 e. The van der Waals surface area contributed by atoms with Crippen molar-refractivity contribution in [1.82, 2.24) is 15.8 Å². The molecule has 0 saturated heterocycles. The van der Waals surface area contributed by atoms with Crippen LogP contribution in [-0.4, -0.2) is 17.1 Å². The van der Waals surface area contributed by atoms with E-state index in [0.717, 1.165) is 6.21 Å². The number of hydrazine groups is 1. The number of benzene rings is 1. The molecule has 0 atom stereocenters. The van der Waals surface area contributed by atoms with Gasteiger partial charge in [-0.15, -0.1) is 0 Å². The lowest BCUT2D eigenvalue weighted by molar-refractivity contribution is -0.115. The molecule has 0 radical (unpaired) electrons. The maximum absolute atomic E-state index is 12.7. The first-order valence-corrected chi connectivity index (χ1v) is 6.92. The molecule has 1 aromatic carbocycles. The van der Waals surface area contributed by atoms with Crippen LogP contribution in [-0.2, 0) is 11.3 Å². The summed E-state index contributed by atoms with van der Waals surface area (Å²) in [6, 6.07) is 5.44. The van der Waals surface area contributed by atoms with Crippen molar-refractivity contribution >= 4 is 41.0 Å². The van der Waals surface area contributed by atoms with Crippen LogP contribution in [0.5, 0.6) is 0 Å². The molecule has 0 spiro atoms. The van der Waals surface area contributed by atoms with Gasteiger partial charge in [-0.3, -0.25) is 20.2 Å². The molecule has 22 heavy (non-hydrogen) atoms. The summed E-state index contributed by atoms with van der Waals surface area (Å²) in [5.74, 6) is -0.832. The van der Waals surface area contributed by atoms with Gasteiger partial charge in [-0.2, -0.15) is 0 Å². The number of carbonyl (C=O) groups excluding carboxylic acids is 1. The number of hydrogen-bond donors (Lipinski definition) is 2. The van der Waals surface area contributed by atoms with Crippen LogP contribution < -0.4 is 10.9 Å². The standard InChI is InChI=1S/C14H11Cl2FN4O/c15-12-6-18-7-13(16)11(12)5-20-21-14(22)8-19-10-3-1-9(17)2-4-10/h1-4,6-8,20H,5H2,(H,21,22). The maximum Gasteiger partial charge on any atom is 0.276 e. The fourth-order valence-electron chi connectivity index (χ4n) is 1.52. The van der Waals surface area contributed by atoms with Gasteiger partial charge in [0.05, 0.1) is 21.9 Å². The van der Waals surface area contributed by atoms with Crippen LogP contribution in [0.4, 0.5) is 10.1 Å². The quantitative estimate of drug-likeness (QED) is 0.649.